The van der Waals surface area contributed by atoms with Crippen molar-refractivity contribution in [2.75, 3.05) is 26.6 Å². The van der Waals surface area contributed by atoms with Gasteiger partial charge in [0.15, 0.2) is 11.7 Å². The summed E-state index contributed by atoms with van der Waals surface area (Å²) in [7, 11) is 4.73. The number of aryl methyl sites for hydroxylation is 1. The Morgan fingerprint density at radius 3 is 2.39 bits per heavy atom. The Balaban J connectivity index is 1.58. The van der Waals surface area contributed by atoms with Crippen LogP contribution >= 0.6 is 0 Å². The van der Waals surface area contributed by atoms with Crippen LogP contribution in [0.15, 0.2) is 53.1 Å². The van der Waals surface area contributed by atoms with Gasteiger partial charge in [-0.25, -0.2) is 4.98 Å². The number of ether oxygens (including phenoxy) is 3. The third kappa shape index (κ3) is 4.62. The molecule has 28 heavy (non-hydrogen) atoms. The molecule has 1 N–H and O–H groups in total. The predicted molar refractivity (Wildman–Crippen MR) is 105 cm³/mol. The van der Waals surface area contributed by atoms with E-state index in [9.17, 15) is 4.79 Å². The number of anilines is 1. The summed E-state index contributed by atoms with van der Waals surface area (Å²) in [5.74, 6) is 2.95. The molecule has 0 unspecified atom stereocenters. The maximum absolute atomic E-state index is 12.3. The Kier molecular flexibility index (Phi) is 6.16. The van der Waals surface area contributed by atoms with Crippen LogP contribution in [0.2, 0.25) is 0 Å². The smallest absolute Gasteiger partial charge is 0.224 e. The highest BCUT2D eigenvalue weighted by atomic mass is 16.5. The van der Waals surface area contributed by atoms with Gasteiger partial charge in [-0.15, -0.1) is 0 Å². The van der Waals surface area contributed by atoms with Gasteiger partial charge in [-0.3, -0.25) is 4.79 Å². The van der Waals surface area contributed by atoms with Crippen molar-refractivity contribution in [3.8, 4) is 28.6 Å². The number of hydrogen-bond donors (Lipinski definition) is 1. The summed E-state index contributed by atoms with van der Waals surface area (Å²) >= 11 is 0. The van der Waals surface area contributed by atoms with Gasteiger partial charge in [0.25, 0.3) is 0 Å². The SMILES string of the molecule is COc1ccc(-c2cnc(CCC(=O)Nc3ccc(OC)cc3OC)o2)cc1. The van der Waals surface area contributed by atoms with Crippen molar-refractivity contribution in [2.45, 2.75) is 12.8 Å². The highest BCUT2D eigenvalue weighted by Gasteiger charge is 2.12. The molecule has 0 fully saturated rings. The van der Waals surface area contributed by atoms with E-state index < -0.39 is 0 Å². The van der Waals surface area contributed by atoms with E-state index in [0.29, 0.717) is 35.3 Å². The lowest BCUT2D eigenvalue weighted by Gasteiger charge is -2.11. The number of carbonyl (C=O) groups is 1. The van der Waals surface area contributed by atoms with E-state index >= 15 is 0 Å². The van der Waals surface area contributed by atoms with Crippen LogP contribution in [-0.4, -0.2) is 32.2 Å². The molecule has 0 atom stereocenters. The molecular formula is C21H22N2O5. The van der Waals surface area contributed by atoms with Gasteiger partial charge in [-0.2, -0.15) is 0 Å². The maximum atomic E-state index is 12.3. The third-order valence-corrected chi connectivity index (χ3v) is 4.18. The van der Waals surface area contributed by atoms with E-state index in [1.165, 1.54) is 7.11 Å². The molecule has 1 heterocycles. The number of methoxy groups -OCH3 is 3. The lowest BCUT2D eigenvalue weighted by Crippen LogP contribution is -2.13. The van der Waals surface area contributed by atoms with Gasteiger partial charge in [0.1, 0.15) is 17.2 Å². The summed E-state index contributed by atoms with van der Waals surface area (Å²) in [6, 6.07) is 12.7. The average molecular weight is 382 g/mol. The number of rotatable bonds is 8. The van der Waals surface area contributed by atoms with Gasteiger partial charge in [0, 0.05) is 24.5 Å². The van der Waals surface area contributed by atoms with Crippen molar-refractivity contribution < 1.29 is 23.4 Å². The van der Waals surface area contributed by atoms with E-state index in [2.05, 4.69) is 10.3 Å². The Morgan fingerprint density at radius 1 is 1.00 bits per heavy atom. The predicted octanol–water partition coefficient (Wildman–Crippen LogP) is 3.94. The minimum atomic E-state index is -0.160. The third-order valence-electron chi connectivity index (χ3n) is 4.18. The molecule has 0 aliphatic carbocycles. The summed E-state index contributed by atoms with van der Waals surface area (Å²) in [5, 5.41) is 2.83. The zero-order valence-corrected chi connectivity index (χ0v) is 16.0. The van der Waals surface area contributed by atoms with Gasteiger partial charge < -0.3 is 23.9 Å². The molecule has 0 saturated carbocycles. The monoisotopic (exact) mass is 382 g/mol. The van der Waals surface area contributed by atoms with Crippen LogP contribution in [0.5, 0.6) is 17.2 Å². The first-order valence-corrected chi connectivity index (χ1v) is 8.74. The fourth-order valence-corrected chi connectivity index (χ4v) is 2.65. The highest BCUT2D eigenvalue weighted by molar-refractivity contribution is 5.92. The lowest BCUT2D eigenvalue weighted by atomic mass is 10.2. The summed E-state index contributed by atoms with van der Waals surface area (Å²) in [6.07, 6.45) is 2.28. The molecule has 146 valence electrons. The number of benzene rings is 2. The number of hydrogen-bond acceptors (Lipinski definition) is 6. The maximum Gasteiger partial charge on any atom is 0.224 e. The topological polar surface area (TPSA) is 82.8 Å². The van der Waals surface area contributed by atoms with Crippen molar-refractivity contribution in [1.29, 1.82) is 0 Å². The van der Waals surface area contributed by atoms with Crippen molar-refractivity contribution in [3.63, 3.8) is 0 Å². The summed E-state index contributed by atoms with van der Waals surface area (Å²) in [5.41, 5.74) is 1.48. The second kappa shape index (κ2) is 8.94. The zero-order valence-electron chi connectivity index (χ0n) is 16.0. The van der Waals surface area contributed by atoms with Crippen molar-refractivity contribution in [2.24, 2.45) is 0 Å². The number of oxazole rings is 1. The molecule has 0 spiro atoms. The quantitative estimate of drug-likeness (QED) is 0.635. The molecule has 0 saturated heterocycles. The van der Waals surface area contributed by atoms with Crippen LogP contribution < -0.4 is 19.5 Å². The van der Waals surface area contributed by atoms with E-state index in [-0.39, 0.29) is 12.3 Å². The number of nitrogens with zero attached hydrogens (tertiary/aromatic N) is 1. The molecule has 0 aliphatic heterocycles. The minimum absolute atomic E-state index is 0.160. The standard InChI is InChI=1S/C21H22N2O5/c1-25-15-6-4-14(5-7-15)19-13-22-21(28-19)11-10-20(24)23-17-9-8-16(26-2)12-18(17)27-3/h4-9,12-13H,10-11H2,1-3H3,(H,23,24). The zero-order chi connectivity index (χ0) is 19.9. The molecular weight excluding hydrogens is 360 g/mol. The molecule has 3 aromatic rings. The molecule has 1 amide bonds. The Bertz CT molecular complexity index is 934. The average Bonchev–Trinajstić information content (AvgIpc) is 3.21. The van der Waals surface area contributed by atoms with Gasteiger partial charge in [-0.1, -0.05) is 0 Å². The molecule has 0 aliphatic rings. The van der Waals surface area contributed by atoms with Crippen LogP contribution in [0.25, 0.3) is 11.3 Å². The molecule has 0 bridgehead atoms. The first-order valence-electron chi connectivity index (χ1n) is 8.74. The van der Waals surface area contributed by atoms with Crippen LogP contribution in [0.1, 0.15) is 12.3 Å². The number of nitrogens with one attached hydrogen (secondary N) is 1. The van der Waals surface area contributed by atoms with Crippen molar-refractivity contribution >= 4 is 11.6 Å². The molecule has 0 radical (unpaired) electrons. The fourth-order valence-electron chi connectivity index (χ4n) is 2.65. The molecule has 7 nitrogen and oxygen atoms in total. The largest absolute Gasteiger partial charge is 0.497 e. The first-order chi connectivity index (χ1) is 13.6. The Hall–Kier alpha value is -3.48. The Labute approximate surface area is 163 Å². The van der Waals surface area contributed by atoms with Crippen molar-refractivity contribution in [1.82, 2.24) is 4.98 Å². The van der Waals surface area contributed by atoms with Crippen molar-refractivity contribution in [3.05, 3.63) is 54.6 Å². The summed E-state index contributed by atoms with van der Waals surface area (Å²) in [6.45, 7) is 0. The number of carbonyl (C=O) groups excluding carboxylic acids is 1. The summed E-state index contributed by atoms with van der Waals surface area (Å²) in [4.78, 5) is 16.5. The molecule has 3 rings (SSSR count). The van der Waals surface area contributed by atoms with Crippen LogP contribution in [-0.2, 0) is 11.2 Å². The normalized spacial score (nSPS) is 10.4. The van der Waals surface area contributed by atoms with Gasteiger partial charge in [-0.05, 0) is 36.4 Å². The fraction of sp³-hybridized carbons (Fsp3) is 0.238. The lowest BCUT2D eigenvalue weighted by molar-refractivity contribution is -0.116. The number of amides is 1. The second-order valence-corrected chi connectivity index (χ2v) is 5.96. The second-order valence-electron chi connectivity index (χ2n) is 5.96. The minimum Gasteiger partial charge on any atom is -0.497 e. The first kappa shape index (κ1) is 19.3. The Morgan fingerprint density at radius 2 is 1.71 bits per heavy atom. The molecule has 7 heteroatoms. The van der Waals surface area contributed by atoms with E-state index in [1.807, 2.05) is 24.3 Å². The molecule has 1 aromatic heterocycles. The van der Waals surface area contributed by atoms with Gasteiger partial charge in [0.05, 0.1) is 33.2 Å². The highest BCUT2D eigenvalue weighted by Crippen LogP contribution is 2.29. The van der Waals surface area contributed by atoms with E-state index in [0.717, 1.165) is 11.3 Å². The summed E-state index contributed by atoms with van der Waals surface area (Å²) < 4.78 is 21.3. The van der Waals surface area contributed by atoms with Gasteiger partial charge in [0.2, 0.25) is 5.91 Å². The molecule has 2 aromatic carbocycles. The van der Waals surface area contributed by atoms with E-state index in [4.69, 9.17) is 18.6 Å². The van der Waals surface area contributed by atoms with Gasteiger partial charge >= 0.3 is 0 Å². The van der Waals surface area contributed by atoms with Crippen LogP contribution in [0.3, 0.4) is 0 Å². The van der Waals surface area contributed by atoms with Crippen LogP contribution in [0.4, 0.5) is 5.69 Å². The van der Waals surface area contributed by atoms with Crippen LogP contribution in [0, 0.1) is 0 Å². The number of aromatic nitrogens is 1. The van der Waals surface area contributed by atoms with E-state index in [1.54, 1.807) is 38.6 Å².